The summed E-state index contributed by atoms with van der Waals surface area (Å²) in [5.41, 5.74) is 5.11. The van der Waals surface area contributed by atoms with Crippen LogP contribution in [0.4, 0.5) is 0 Å². The van der Waals surface area contributed by atoms with Gasteiger partial charge in [0.05, 0.1) is 17.0 Å². The molecule has 0 aliphatic carbocycles. The number of benzene rings is 1. The second kappa shape index (κ2) is 10.1. The number of carbonyl (C=O) groups excluding carboxylic acids is 1. The number of amides is 1. The smallest absolute Gasteiger partial charge is 0.257 e. The fourth-order valence-corrected chi connectivity index (χ4v) is 5.94. The van der Waals surface area contributed by atoms with Gasteiger partial charge in [0.15, 0.2) is 0 Å². The van der Waals surface area contributed by atoms with Crippen molar-refractivity contribution in [3.05, 3.63) is 58.7 Å². The summed E-state index contributed by atoms with van der Waals surface area (Å²) < 4.78 is 0. The minimum Gasteiger partial charge on any atom is -0.338 e. The summed E-state index contributed by atoms with van der Waals surface area (Å²) in [7, 11) is 0. The van der Waals surface area contributed by atoms with E-state index in [4.69, 9.17) is 0 Å². The predicted molar refractivity (Wildman–Crippen MR) is 137 cm³/mol. The molecule has 184 valence electrons. The lowest BCUT2D eigenvalue weighted by molar-refractivity contribution is -0.0305. The first-order valence-electron chi connectivity index (χ1n) is 12.9. The molecule has 2 fully saturated rings. The predicted octanol–water partition coefficient (Wildman–Crippen LogP) is 4.55. The average Bonchev–Trinajstić information content (AvgIpc) is 2.82. The topological polar surface area (TPSA) is 52.6 Å². The van der Waals surface area contributed by atoms with Crippen LogP contribution < -0.4 is 0 Å². The first kappa shape index (κ1) is 24.8. The van der Waals surface area contributed by atoms with Crippen molar-refractivity contribution in [2.75, 3.05) is 32.7 Å². The summed E-state index contributed by atoms with van der Waals surface area (Å²) in [6.45, 7) is 17.9. The van der Waals surface area contributed by atoms with Crippen LogP contribution in [0.25, 0.3) is 0 Å². The van der Waals surface area contributed by atoms with Crippen LogP contribution in [0.1, 0.15) is 78.9 Å². The molecular formula is C28H41N5O. The van der Waals surface area contributed by atoms with Gasteiger partial charge in [-0.15, -0.1) is 0 Å². The Balaban J connectivity index is 1.39. The largest absolute Gasteiger partial charge is 0.338 e. The Hall–Kier alpha value is -2.31. The quantitative estimate of drug-likeness (QED) is 0.651. The SMILES string of the molecule is CC[C@@H](c1ccc(C)cc1)N1CCN(C2(C)CCN(C(=O)c3c(C)ncnc3C)CC2)C[C@@H]1C. The molecule has 0 unspecified atom stereocenters. The van der Waals surface area contributed by atoms with Gasteiger partial charge in [-0.1, -0.05) is 36.8 Å². The number of hydrogen-bond donors (Lipinski definition) is 0. The molecule has 2 aliphatic rings. The molecule has 1 aromatic carbocycles. The van der Waals surface area contributed by atoms with E-state index in [0.717, 1.165) is 63.4 Å². The van der Waals surface area contributed by atoms with Gasteiger partial charge in [-0.25, -0.2) is 9.97 Å². The highest BCUT2D eigenvalue weighted by atomic mass is 16.2. The van der Waals surface area contributed by atoms with E-state index >= 15 is 0 Å². The van der Waals surface area contributed by atoms with Gasteiger partial charge in [0, 0.05) is 50.3 Å². The Morgan fingerprint density at radius 3 is 2.21 bits per heavy atom. The van der Waals surface area contributed by atoms with Crippen LogP contribution in [-0.4, -0.2) is 74.9 Å². The van der Waals surface area contributed by atoms with Gasteiger partial charge in [-0.05, 0) is 59.4 Å². The minimum atomic E-state index is 0.0831. The van der Waals surface area contributed by atoms with Crippen LogP contribution in [0.15, 0.2) is 30.6 Å². The Kier molecular flexibility index (Phi) is 7.39. The van der Waals surface area contributed by atoms with Crippen LogP contribution >= 0.6 is 0 Å². The fourth-order valence-electron chi connectivity index (χ4n) is 5.94. The van der Waals surface area contributed by atoms with Gasteiger partial charge in [0.25, 0.3) is 5.91 Å². The van der Waals surface area contributed by atoms with Crippen LogP contribution in [0, 0.1) is 20.8 Å². The average molecular weight is 464 g/mol. The summed E-state index contributed by atoms with van der Waals surface area (Å²) >= 11 is 0. The maximum Gasteiger partial charge on any atom is 0.257 e. The first-order valence-corrected chi connectivity index (χ1v) is 12.9. The lowest BCUT2D eigenvalue weighted by Gasteiger charge is -2.53. The Labute approximate surface area is 205 Å². The van der Waals surface area contributed by atoms with Gasteiger partial charge >= 0.3 is 0 Å². The Morgan fingerprint density at radius 1 is 1.03 bits per heavy atom. The summed E-state index contributed by atoms with van der Waals surface area (Å²) in [6, 6.07) is 10.1. The summed E-state index contributed by atoms with van der Waals surface area (Å²) in [6.07, 6.45) is 4.68. The first-order chi connectivity index (χ1) is 16.2. The van der Waals surface area contributed by atoms with E-state index in [1.165, 1.54) is 17.5 Å². The van der Waals surface area contributed by atoms with Crippen molar-refractivity contribution in [3.63, 3.8) is 0 Å². The molecular weight excluding hydrogens is 422 g/mol. The standard InChI is InChI=1S/C28H41N5O/c1-7-25(24-10-8-20(2)9-11-24)33-17-16-32(18-21(33)3)28(6)12-14-31(15-13-28)27(34)26-22(4)29-19-30-23(26)5/h8-11,19,21,25H,7,12-18H2,1-6H3/t21-,25-/m0/s1. The third kappa shape index (κ3) is 4.89. The molecule has 3 heterocycles. The highest BCUT2D eigenvalue weighted by Crippen LogP contribution is 2.34. The van der Waals surface area contributed by atoms with Crippen molar-refractivity contribution in [2.45, 2.75) is 78.4 Å². The number of nitrogens with zero attached hydrogens (tertiary/aromatic N) is 5. The third-order valence-electron chi connectivity index (χ3n) is 8.26. The molecule has 2 saturated heterocycles. The van der Waals surface area contributed by atoms with E-state index in [0.29, 0.717) is 17.6 Å². The Bertz CT molecular complexity index is 976. The molecule has 34 heavy (non-hydrogen) atoms. The molecule has 0 bridgehead atoms. The number of piperidine rings is 1. The zero-order chi connectivity index (χ0) is 24.5. The highest BCUT2D eigenvalue weighted by molar-refractivity contribution is 5.96. The number of piperazine rings is 1. The van der Waals surface area contributed by atoms with Crippen LogP contribution in [0.3, 0.4) is 0 Å². The number of likely N-dealkylation sites (tertiary alicyclic amines) is 1. The lowest BCUT2D eigenvalue weighted by atomic mass is 9.85. The maximum atomic E-state index is 13.2. The van der Waals surface area contributed by atoms with E-state index in [9.17, 15) is 4.79 Å². The third-order valence-corrected chi connectivity index (χ3v) is 8.26. The molecule has 1 amide bonds. The highest BCUT2D eigenvalue weighted by Gasteiger charge is 2.41. The second-order valence-electron chi connectivity index (χ2n) is 10.6. The van der Waals surface area contributed by atoms with Crippen molar-refractivity contribution in [1.82, 2.24) is 24.7 Å². The van der Waals surface area contributed by atoms with E-state index < -0.39 is 0 Å². The minimum absolute atomic E-state index is 0.0831. The fraction of sp³-hybridized carbons (Fsp3) is 0.607. The molecule has 0 radical (unpaired) electrons. The van der Waals surface area contributed by atoms with Crippen molar-refractivity contribution in [1.29, 1.82) is 0 Å². The lowest BCUT2D eigenvalue weighted by Crippen LogP contribution is -2.62. The van der Waals surface area contributed by atoms with E-state index in [1.54, 1.807) is 0 Å². The van der Waals surface area contributed by atoms with Gasteiger partial charge in [-0.2, -0.15) is 0 Å². The van der Waals surface area contributed by atoms with Crippen LogP contribution in [0.5, 0.6) is 0 Å². The number of hydrogen-bond acceptors (Lipinski definition) is 5. The molecule has 4 rings (SSSR count). The number of aryl methyl sites for hydroxylation is 3. The van der Waals surface area contributed by atoms with E-state index in [2.05, 4.69) is 71.7 Å². The molecule has 2 aliphatic heterocycles. The zero-order valence-electron chi connectivity index (χ0n) is 21.8. The molecule has 0 N–H and O–H groups in total. The van der Waals surface area contributed by atoms with Gasteiger partial charge in [0.1, 0.15) is 6.33 Å². The monoisotopic (exact) mass is 463 g/mol. The van der Waals surface area contributed by atoms with Crippen molar-refractivity contribution < 1.29 is 4.79 Å². The number of aromatic nitrogens is 2. The van der Waals surface area contributed by atoms with Gasteiger partial charge in [-0.3, -0.25) is 14.6 Å². The molecule has 6 heteroatoms. The van der Waals surface area contributed by atoms with E-state index in [-0.39, 0.29) is 11.4 Å². The normalized spacial score (nSPS) is 22.5. The molecule has 1 aromatic heterocycles. The molecule has 0 saturated carbocycles. The van der Waals surface area contributed by atoms with Crippen molar-refractivity contribution in [3.8, 4) is 0 Å². The number of carbonyl (C=O) groups is 1. The molecule has 2 aromatic rings. The van der Waals surface area contributed by atoms with Crippen molar-refractivity contribution >= 4 is 5.91 Å². The molecule has 6 nitrogen and oxygen atoms in total. The van der Waals surface area contributed by atoms with E-state index in [1.807, 2.05) is 18.7 Å². The van der Waals surface area contributed by atoms with Crippen molar-refractivity contribution in [2.24, 2.45) is 0 Å². The van der Waals surface area contributed by atoms with Gasteiger partial charge in [0.2, 0.25) is 0 Å². The van der Waals surface area contributed by atoms with Crippen LogP contribution in [0.2, 0.25) is 0 Å². The zero-order valence-corrected chi connectivity index (χ0v) is 21.8. The maximum absolute atomic E-state index is 13.2. The molecule has 0 spiro atoms. The summed E-state index contributed by atoms with van der Waals surface area (Å²) in [5.74, 6) is 0.0831. The second-order valence-corrected chi connectivity index (χ2v) is 10.6. The Morgan fingerprint density at radius 2 is 1.65 bits per heavy atom. The summed E-state index contributed by atoms with van der Waals surface area (Å²) in [5, 5.41) is 0. The number of rotatable bonds is 5. The molecule has 2 atom stereocenters. The summed E-state index contributed by atoms with van der Waals surface area (Å²) in [4.78, 5) is 29.1. The van der Waals surface area contributed by atoms with Gasteiger partial charge < -0.3 is 4.90 Å². The van der Waals surface area contributed by atoms with Crippen LogP contribution in [-0.2, 0) is 0 Å².